The number of hydrogen-bond acceptors (Lipinski definition) is 2. The van der Waals surface area contributed by atoms with Gasteiger partial charge in [-0.25, -0.2) is 0 Å². The number of aryl methyl sites for hydroxylation is 6. The molecule has 10 rings (SSSR count). The van der Waals surface area contributed by atoms with Crippen molar-refractivity contribution >= 4 is 57.2 Å². The number of unbranched alkanes of at least 4 members (excludes halogenated alkanes) is 1. The molecule has 0 aromatic heterocycles. The molecular weight excluding hydrogens is 771 g/mol. The van der Waals surface area contributed by atoms with Crippen molar-refractivity contribution in [3.63, 3.8) is 0 Å². The van der Waals surface area contributed by atoms with Gasteiger partial charge in [-0.1, -0.05) is 134 Å². The summed E-state index contributed by atoms with van der Waals surface area (Å²) in [6.45, 7) is 23.4. The monoisotopic (exact) mass is 837 g/mol. The van der Waals surface area contributed by atoms with Gasteiger partial charge in [-0.15, -0.1) is 0 Å². The van der Waals surface area contributed by atoms with Crippen LogP contribution in [0, 0.1) is 20.8 Å². The summed E-state index contributed by atoms with van der Waals surface area (Å²) in [5, 5.41) is 0. The van der Waals surface area contributed by atoms with Gasteiger partial charge >= 0.3 is 0 Å². The average Bonchev–Trinajstić information content (AvgIpc) is 3.27. The van der Waals surface area contributed by atoms with Crippen LogP contribution in [0.15, 0.2) is 127 Å². The zero-order chi connectivity index (χ0) is 44.7. The molecule has 0 unspecified atom stereocenters. The molecule has 2 heterocycles. The fourth-order valence-electron chi connectivity index (χ4n) is 11.1. The first kappa shape index (κ1) is 42.2. The Kier molecular flexibility index (Phi) is 10.6. The summed E-state index contributed by atoms with van der Waals surface area (Å²) >= 11 is 0. The maximum absolute atomic E-state index is 2.68. The molecule has 3 aliphatic rings. The fourth-order valence-corrected chi connectivity index (χ4v) is 11.1. The summed E-state index contributed by atoms with van der Waals surface area (Å²) in [5.41, 5.74) is 28.1. The van der Waals surface area contributed by atoms with E-state index in [2.05, 4.69) is 206 Å². The third kappa shape index (κ3) is 7.20. The van der Waals surface area contributed by atoms with Crippen molar-refractivity contribution in [1.82, 2.24) is 0 Å². The normalized spacial score (nSPS) is 14.2. The number of rotatable bonds is 7. The fraction of sp³-hybridized carbons (Fsp3) is 0.311. The van der Waals surface area contributed by atoms with Crippen LogP contribution in [0.2, 0.25) is 0 Å². The summed E-state index contributed by atoms with van der Waals surface area (Å²) in [6, 6.07) is 50.2. The highest BCUT2D eigenvalue weighted by Crippen LogP contribution is 2.50. The van der Waals surface area contributed by atoms with Gasteiger partial charge in [0.25, 0.3) is 6.71 Å². The van der Waals surface area contributed by atoms with Gasteiger partial charge in [-0.05, 0) is 191 Å². The van der Waals surface area contributed by atoms with E-state index in [0.717, 1.165) is 19.3 Å². The van der Waals surface area contributed by atoms with Crippen molar-refractivity contribution in [2.75, 3.05) is 9.80 Å². The van der Waals surface area contributed by atoms with E-state index in [1.54, 1.807) is 0 Å². The van der Waals surface area contributed by atoms with Crippen molar-refractivity contribution in [3.05, 3.63) is 172 Å². The van der Waals surface area contributed by atoms with Gasteiger partial charge in [-0.2, -0.15) is 0 Å². The Balaban J connectivity index is 1.34. The van der Waals surface area contributed by atoms with Crippen LogP contribution in [0.1, 0.15) is 119 Å². The first-order valence-electron chi connectivity index (χ1n) is 24.2. The molecule has 0 bridgehead atoms. The van der Waals surface area contributed by atoms with Gasteiger partial charge < -0.3 is 9.80 Å². The van der Waals surface area contributed by atoms with Crippen LogP contribution in [-0.4, -0.2) is 6.71 Å². The third-order valence-electron chi connectivity index (χ3n) is 14.7. The van der Waals surface area contributed by atoms with Crippen molar-refractivity contribution in [3.8, 4) is 22.3 Å². The maximum Gasteiger partial charge on any atom is 0.252 e. The molecule has 64 heavy (non-hydrogen) atoms. The Morgan fingerprint density at radius 1 is 0.500 bits per heavy atom. The molecule has 0 atom stereocenters. The maximum atomic E-state index is 2.68. The van der Waals surface area contributed by atoms with Gasteiger partial charge in [0.2, 0.25) is 0 Å². The third-order valence-corrected chi connectivity index (χ3v) is 14.7. The molecule has 322 valence electrons. The number of anilines is 6. The number of hydrogen-bond donors (Lipinski definition) is 0. The highest BCUT2D eigenvalue weighted by molar-refractivity contribution is 7.00. The zero-order valence-electron chi connectivity index (χ0n) is 40.0. The second kappa shape index (κ2) is 16.0. The smallest absolute Gasteiger partial charge is 0.252 e. The minimum atomic E-state index is -0.0236. The van der Waals surface area contributed by atoms with E-state index in [-0.39, 0.29) is 17.5 Å². The van der Waals surface area contributed by atoms with Gasteiger partial charge in [-0.3, -0.25) is 0 Å². The number of nitrogens with zero attached hydrogens (tertiary/aromatic N) is 2. The molecule has 1 aliphatic carbocycles. The molecular formula is C61H65BN2. The van der Waals surface area contributed by atoms with Crippen LogP contribution in [0.5, 0.6) is 0 Å². The van der Waals surface area contributed by atoms with Gasteiger partial charge in [0, 0.05) is 33.9 Å². The second-order valence-corrected chi connectivity index (χ2v) is 21.3. The lowest BCUT2D eigenvalue weighted by molar-refractivity contribution is 0.590. The minimum absolute atomic E-state index is 0.0206. The Labute approximate surface area is 384 Å². The Hall–Kier alpha value is -5.80. The highest BCUT2D eigenvalue weighted by Gasteiger charge is 2.45. The molecule has 7 aromatic carbocycles. The summed E-state index contributed by atoms with van der Waals surface area (Å²) in [6.07, 6.45) is 8.18. The van der Waals surface area contributed by atoms with Crippen LogP contribution in [0.4, 0.5) is 34.1 Å². The summed E-state index contributed by atoms with van der Waals surface area (Å²) < 4.78 is 0. The van der Waals surface area contributed by atoms with E-state index < -0.39 is 0 Å². The first-order chi connectivity index (χ1) is 30.7. The molecule has 0 saturated heterocycles. The predicted molar refractivity (Wildman–Crippen MR) is 278 cm³/mol. The van der Waals surface area contributed by atoms with Gasteiger partial charge in [0.1, 0.15) is 0 Å². The lowest BCUT2D eigenvalue weighted by atomic mass is 9.33. The van der Waals surface area contributed by atoms with E-state index in [1.165, 1.54) is 143 Å². The number of fused-ring (bicyclic) bond motifs is 5. The minimum Gasteiger partial charge on any atom is -0.311 e. The van der Waals surface area contributed by atoms with Crippen LogP contribution in [0.3, 0.4) is 0 Å². The van der Waals surface area contributed by atoms with Crippen molar-refractivity contribution in [2.24, 2.45) is 0 Å². The summed E-state index contributed by atoms with van der Waals surface area (Å²) in [5.74, 6) is 0. The molecule has 0 radical (unpaired) electrons. The van der Waals surface area contributed by atoms with Crippen LogP contribution in [0.25, 0.3) is 22.3 Å². The van der Waals surface area contributed by atoms with Gasteiger partial charge in [0.15, 0.2) is 0 Å². The molecule has 2 nitrogen and oxygen atoms in total. The lowest BCUT2D eigenvalue weighted by Gasteiger charge is -2.46. The van der Waals surface area contributed by atoms with Crippen molar-refractivity contribution < 1.29 is 0 Å². The number of benzene rings is 7. The van der Waals surface area contributed by atoms with E-state index in [0.29, 0.717) is 0 Å². The molecule has 0 spiro atoms. The molecule has 3 heteroatoms. The SMILES string of the molecule is CCCCc1cc(N2c3ccc(C(C)(C)C)cc3B3c4cc(C(C)(C)C)ccc4N(c4cc5c(cc4-c4ccccc4)CCCC5)c4cc(C)cc2c43)c(-c2ccccc2C)cc1C. The zero-order valence-corrected chi connectivity index (χ0v) is 40.0. The predicted octanol–water partition coefficient (Wildman–Crippen LogP) is 14.8. The standard InChI is InChI=1S/C61H65BN2/c1-11-12-21-43-35-56(50(33-41(43)4)48-26-19-16-20-40(48)3)64-54-30-28-47(61(8,9)10)38-52(54)62-51-37-46(60(5,6)7)27-29-53(51)63(57-31-39(2)32-58(64)59(57)62)55-36-45-25-18-17-24-44(45)34-49(55)42-22-14-13-15-23-42/h13-16,19-20,22-23,26-38H,11-12,17-18,21,24-25H2,1-10H3. The van der Waals surface area contributed by atoms with E-state index in [4.69, 9.17) is 0 Å². The van der Waals surface area contributed by atoms with E-state index in [9.17, 15) is 0 Å². The Bertz CT molecular complexity index is 2940. The van der Waals surface area contributed by atoms with E-state index >= 15 is 0 Å². The molecule has 0 amide bonds. The Morgan fingerprint density at radius 3 is 1.64 bits per heavy atom. The summed E-state index contributed by atoms with van der Waals surface area (Å²) in [7, 11) is 0. The van der Waals surface area contributed by atoms with Crippen molar-refractivity contribution in [1.29, 1.82) is 0 Å². The van der Waals surface area contributed by atoms with E-state index in [1.807, 2.05) is 0 Å². The van der Waals surface area contributed by atoms with Crippen LogP contribution >= 0.6 is 0 Å². The molecule has 0 fully saturated rings. The quantitative estimate of drug-likeness (QED) is 0.148. The van der Waals surface area contributed by atoms with Crippen molar-refractivity contribution in [2.45, 2.75) is 125 Å². The van der Waals surface area contributed by atoms with Crippen LogP contribution in [-0.2, 0) is 30.1 Å². The average molecular weight is 837 g/mol. The highest BCUT2D eigenvalue weighted by atomic mass is 15.2. The largest absolute Gasteiger partial charge is 0.311 e. The molecule has 2 aliphatic heterocycles. The lowest BCUT2D eigenvalue weighted by Crippen LogP contribution is -2.61. The topological polar surface area (TPSA) is 6.48 Å². The molecule has 7 aromatic rings. The first-order valence-corrected chi connectivity index (χ1v) is 24.2. The summed E-state index contributed by atoms with van der Waals surface area (Å²) in [4.78, 5) is 5.37. The van der Waals surface area contributed by atoms with Crippen LogP contribution < -0.4 is 26.2 Å². The second-order valence-electron chi connectivity index (χ2n) is 21.3. The Morgan fingerprint density at radius 2 is 1.06 bits per heavy atom. The van der Waals surface area contributed by atoms with Gasteiger partial charge in [0.05, 0.1) is 11.4 Å². The molecule has 0 N–H and O–H groups in total. The molecule has 0 saturated carbocycles.